The Hall–Kier alpha value is -3.13. The quantitative estimate of drug-likeness (QED) is 0.533. The predicted molar refractivity (Wildman–Crippen MR) is 118 cm³/mol. The Balaban J connectivity index is 1.40. The lowest BCUT2D eigenvalue weighted by Gasteiger charge is -2.11. The molecule has 1 saturated carbocycles. The van der Waals surface area contributed by atoms with Crippen LogP contribution in [0.2, 0.25) is 0 Å². The van der Waals surface area contributed by atoms with E-state index in [1.54, 1.807) is 24.3 Å². The molecule has 2 aromatic carbocycles. The van der Waals surface area contributed by atoms with Crippen molar-refractivity contribution in [2.75, 3.05) is 16.4 Å². The van der Waals surface area contributed by atoms with Gasteiger partial charge in [0.05, 0.1) is 17.0 Å². The number of thioether (sulfide) groups is 1. The number of nitrogens with zero attached hydrogens (tertiary/aromatic N) is 3. The van der Waals surface area contributed by atoms with Gasteiger partial charge in [-0.3, -0.25) is 9.59 Å². The zero-order valence-electron chi connectivity index (χ0n) is 16.7. The van der Waals surface area contributed by atoms with Gasteiger partial charge in [-0.25, -0.2) is 0 Å². The molecular weight excluding hydrogens is 398 g/mol. The highest BCUT2D eigenvalue weighted by Gasteiger charge is 2.30. The minimum absolute atomic E-state index is 0.192. The highest BCUT2D eigenvalue weighted by Crippen LogP contribution is 2.40. The van der Waals surface area contributed by atoms with Crippen molar-refractivity contribution in [3.8, 4) is 0 Å². The molecule has 0 bridgehead atoms. The molecule has 0 unspecified atom stereocenters. The number of carbonyl (C=O) groups is 2. The fourth-order valence-electron chi connectivity index (χ4n) is 3.17. The average molecular weight is 422 g/mol. The van der Waals surface area contributed by atoms with E-state index in [9.17, 15) is 9.59 Å². The zero-order chi connectivity index (χ0) is 20.9. The molecule has 2 amide bonds. The second-order valence-corrected chi connectivity index (χ2v) is 8.00. The third-order valence-corrected chi connectivity index (χ3v) is 5.78. The van der Waals surface area contributed by atoms with Gasteiger partial charge in [0.15, 0.2) is 5.16 Å². The van der Waals surface area contributed by atoms with E-state index >= 15 is 0 Å². The van der Waals surface area contributed by atoms with E-state index in [4.69, 9.17) is 0 Å². The van der Waals surface area contributed by atoms with Gasteiger partial charge in [-0.1, -0.05) is 42.1 Å². The molecule has 0 radical (unpaired) electrons. The van der Waals surface area contributed by atoms with Crippen LogP contribution in [-0.2, 0) is 11.3 Å². The fourth-order valence-corrected chi connectivity index (χ4v) is 3.98. The van der Waals surface area contributed by atoms with Gasteiger partial charge in [-0.15, -0.1) is 10.2 Å². The number of anilines is 2. The second-order valence-electron chi connectivity index (χ2n) is 7.06. The standard InChI is InChI=1S/C22H23N5O2S/c1-2-27-20(15-12-13-15)25-26-22(27)30-14-19(28)24-18-11-7-6-10-17(18)21(29)23-16-8-4-3-5-9-16/h3-11,15H,2,12-14H2,1H3,(H,23,29)(H,24,28). The van der Waals surface area contributed by atoms with Crippen molar-refractivity contribution < 1.29 is 9.59 Å². The molecule has 1 heterocycles. The third-order valence-electron chi connectivity index (χ3n) is 4.81. The topological polar surface area (TPSA) is 88.9 Å². The van der Waals surface area contributed by atoms with Gasteiger partial charge < -0.3 is 15.2 Å². The molecule has 1 aromatic heterocycles. The first-order chi connectivity index (χ1) is 14.7. The number of hydrogen-bond acceptors (Lipinski definition) is 5. The fraction of sp³-hybridized carbons (Fsp3) is 0.273. The van der Waals surface area contributed by atoms with E-state index in [2.05, 4.69) is 32.3 Å². The van der Waals surface area contributed by atoms with Crippen LogP contribution in [0.1, 0.15) is 41.9 Å². The maximum atomic E-state index is 12.7. The molecule has 0 spiro atoms. The van der Waals surface area contributed by atoms with E-state index in [0.717, 1.165) is 30.4 Å². The van der Waals surface area contributed by atoms with Crippen LogP contribution in [0.15, 0.2) is 59.8 Å². The Morgan fingerprint density at radius 2 is 1.77 bits per heavy atom. The van der Waals surface area contributed by atoms with Crippen LogP contribution >= 0.6 is 11.8 Å². The number of amides is 2. The summed E-state index contributed by atoms with van der Waals surface area (Å²) in [5, 5.41) is 15.0. The van der Waals surface area contributed by atoms with E-state index in [-0.39, 0.29) is 17.6 Å². The summed E-state index contributed by atoms with van der Waals surface area (Å²) < 4.78 is 2.08. The van der Waals surface area contributed by atoms with Gasteiger partial charge in [0.2, 0.25) is 5.91 Å². The van der Waals surface area contributed by atoms with Crippen LogP contribution in [0, 0.1) is 0 Å². The highest BCUT2D eigenvalue weighted by atomic mass is 32.2. The number of benzene rings is 2. The molecule has 3 aromatic rings. The van der Waals surface area contributed by atoms with Gasteiger partial charge >= 0.3 is 0 Å². The minimum atomic E-state index is -0.274. The molecule has 4 rings (SSSR count). The summed E-state index contributed by atoms with van der Waals surface area (Å²) in [6.07, 6.45) is 2.32. The number of rotatable bonds is 8. The Kier molecular flexibility index (Phi) is 6.13. The largest absolute Gasteiger partial charge is 0.325 e. The summed E-state index contributed by atoms with van der Waals surface area (Å²) in [7, 11) is 0. The molecule has 0 atom stereocenters. The van der Waals surface area contributed by atoms with Crippen molar-refractivity contribution in [2.24, 2.45) is 0 Å². The maximum Gasteiger partial charge on any atom is 0.257 e. The SMILES string of the molecule is CCn1c(SCC(=O)Nc2ccccc2C(=O)Nc2ccccc2)nnc1C1CC1. The summed E-state index contributed by atoms with van der Waals surface area (Å²) in [6.45, 7) is 2.84. The Bertz CT molecular complexity index is 1050. The molecule has 30 heavy (non-hydrogen) atoms. The number of para-hydroxylation sites is 2. The smallest absolute Gasteiger partial charge is 0.257 e. The minimum Gasteiger partial charge on any atom is -0.325 e. The number of aromatic nitrogens is 3. The van der Waals surface area contributed by atoms with Crippen molar-refractivity contribution >= 4 is 35.0 Å². The molecule has 1 aliphatic rings. The van der Waals surface area contributed by atoms with Crippen LogP contribution in [-0.4, -0.2) is 32.3 Å². The first-order valence-corrected chi connectivity index (χ1v) is 11.0. The van der Waals surface area contributed by atoms with Gasteiger partial charge in [-0.05, 0) is 44.0 Å². The van der Waals surface area contributed by atoms with Gasteiger partial charge in [0.25, 0.3) is 5.91 Å². The van der Waals surface area contributed by atoms with Crippen LogP contribution in [0.5, 0.6) is 0 Å². The molecule has 8 heteroatoms. The van der Waals surface area contributed by atoms with E-state index in [0.29, 0.717) is 22.9 Å². The van der Waals surface area contributed by atoms with Gasteiger partial charge in [0, 0.05) is 18.2 Å². The van der Waals surface area contributed by atoms with Gasteiger partial charge in [-0.2, -0.15) is 0 Å². The molecule has 7 nitrogen and oxygen atoms in total. The Morgan fingerprint density at radius 1 is 1.03 bits per heavy atom. The first-order valence-electron chi connectivity index (χ1n) is 9.97. The predicted octanol–water partition coefficient (Wildman–Crippen LogP) is 4.16. The van der Waals surface area contributed by atoms with Crippen molar-refractivity contribution in [1.82, 2.24) is 14.8 Å². The van der Waals surface area contributed by atoms with Crippen molar-refractivity contribution in [1.29, 1.82) is 0 Å². The summed E-state index contributed by atoms with van der Waals surface area (Å²) in [5.74, 6) is 1.25. The summed E-state index contributed by atoms with van der Waals surface area (Å²) >= 11 is 1.36. The van der Waals surface area contributed by atoms with Crippen molar-refractivity contribution in [3.05, 3.63) is 66.0 Å². The summed E-state index contributed by atoms with van der Waals surface area (Å²) in [4.78, 5) is 25.2. The lowest BCUT2D eigenvalue weighted by Crippen LogP contribution is -2.19. The summed E-state index contributed by atoms with van der Waals surface area (Å²) in [5.41, 5.74) is 1.59. The molecular formula is C22H23N5O2S. The molecule has 1 aliphatic carbocycles. The highest BCUT2D eigenvalue weighted by molar-refractivity contribution is 7.99. The van der Waals surface area contributed by atoms with Crippen LogP contribution in [0.25, 0.3) is 0 Å². The van der Waals surface area contributed by atoms with Crippen molar-refractivity contribution in [2.45, 2.75) is 37.4 Å². The molecule has 0 aliphatic heterocycles. The average Bonchev–Trinajstić information content (AvgIpc) is 3.52. The number of carbonyl (C=O) groups excluding carboxylic acids is 2. The van der Waals surface area contributed by atoms with E-state index in [1.165, 1.54) is 11.8 Å². The lowest BCUT2D eigenvalue weighted by atomic mass is 10.1. The van der Waals surface area contributed by atoms with E-state index < -0.39 is 0 Å². The zero-order valence-corrected chi connectivity index (χ0v) is 17.5. The third kappa shape index (κ3) is 4.71. The van der Waals surface area contributed by atoms with Crippen molar-refractivity contribution in [3.63, 3.8) is 0 Å². The second kappa shape index (κ2) is 9.13. The number of nitrogens with one attached hydrogen (secondary N) is 2. The Morgan fingerprint density at radius 3 is 2.50 bits per heavy atom. The summed E-state index contributed by atoms with van der Waals surface area (Å²) in [6, 6.07) is 16.2. The molecule has 2 N–H and O–H groups in total. The first kappa shape index (κ1) is 20.2. The Labute approximate surface area is 179 Å². The van der Waals surface area contributed by atoms with E-state index in [1.807, 2.05) is 30.3 Å². The van der Waals surface area contributed by atoms with Crippen LogP contribution < -0.4 is 10.6 Å². The van der Waals surface area contributed by atoms with Gasteiger partial charge in [0.1, 0.15) is 5.82 Å². The maximum absolute atomic E-state index is 12.7. The van der Waals surface area contributed by atoms with Crippen LogP contribution in [0.3, 0.4) is 0 Å². The number of hydrogen-bond donors (Lipinski definition) is 2. The molecule has 0 saturated heterocycles. The molecule has 154 valence electrons. The monoisotopic (exact) mass is 421 g/mol. The molecule has 1 fully saturated rings. The van der Waals surface area contributed by atoms with Crippen LogP contribution in [0.4, 0.5) is 11.4 Å². The lowest BCUT2D eigenvalue weighted by molar-refractivity contribution is -0.113. The normalized spacial score (nSPS) is 13.1.